The number of hydrogen-bond donors (Lipinski definition) is 0. The molecule has 2 aliphatic rings. The second-order valence-corrected chi connectivity index (χ2v) is 8.87. The highest BCUT2D eigenvalue weighted by atomic mass is 16.5. The molecule has 3 aromatic carbocycles. The van der Waals surface area contributed by atoms with E-state index in [1.165, 1.54) is 21.3 Å². The van der Waals surface area contributed by atoms with Crippen molar-refractivity contribution in [3.8, 4) is 17.2 Å². The number of hydrogen-bond acceptors (Lipinski definition) is 6. The number of methoxy groups -OCH3 is 3. The van der Waals surface area contributed by atoms with Crippen molar-refractivity contribution < 1.29 is 28.6 Å². The van der Waals surface area contributed by atoms with Gasteiger partial charge in [-0.05, 0) is 55.3 Å². The van der Waals surface area contributed by atoms with Crippen molar-refractivity contribution in [2.75, 3.05) is 26.2 Å². The number of rotatable bonds is 6. The van der Waals surface area contributed by atoms with Gasteiger partial charge in [0.15, 0.2) is 11.5 Å². The number of anilines is 1. The van der Waals surface area contributed by atoms with Gasteiger partial charge in [-0.25, -0.2) is 0 Å². The molecule has 5 rings (SSSR count). The first-order valence-corrected chi connectivity index (χ1v) is 11.5. The number of benzene rings is 3. The van der Waals surface area contributed by atoms with Crippen LogP contribution in [0.5, 0.6) is 17.2 Å². The molecule has 2 atom stereocenters. The predicted octanol–water partition coefficient (Wildman–Crippen LogP) is 4.08. The molecule has 0 N–H and O–H groups in total. The molecule has 0 aromatic heterocycles. The van der Waals surface area contributed by atoms with Crippen LogP contribution in [0.4, 0.5) is 5.69 Å². The Morgan fingerprint density at radius 1 is 0.694 bits per heavy atom. The fourth-order valence-electron chi connectivity index (χ4n) is 5.13. The molecule has 8 nitrogen and oxygen atoms in total. The Labute approximate surface area is 209 Å². The molecular weight excluding hydrogens is 460 g/mol. The molecule has 0 aliphatic carbocycles. The normalized spacial score (nSPS) is 18.8. The molecule has 0 spiro atoms. The lowest BCUT2D eigenvalue weighted by Gasteiger charge is -2.50. The summed E-state index contributed by atoms with van der Waals surface area (Å²) in [5.41, 5.74) is 3.91. The van der Waals surface area contributed by atoms with Crippen LogP contribution in [0.2, 0.25) is 0 Å². The molecule has 0 unspecified atom stereocenters. The highest BCUT2D eigenvalue weighted by Crippen LogP contribution is 2.48. The third-order valence-corrected chi connectivity index (χ3v) is 6.81. The first kappa shape index (κ1) is 23.4. The summed E-state index contributed by atoms with van der Waals surface area (Å²) < 4.78 is 16.5. The molecule has 0 radical (unpaired) electrons. The summed E-state index contributed by atoms with van der Waals surface area (Å²) in [5, 5.41) is 0. The maximum absolute atomic E-state index is 13.7. The van der Waals surface area contributed by atoms with Crippen LogP contribution in [0.1, 0.15) is 43.4 Å². The van der Waals surface area contributed by atoms with E-state index in [-0.39, 0.29) is 5.91 Å². The highest BCUT2D eigenvalue weighted by Gasteiger charge is 2.57. The first-order chi connectivity index (χ1) is 17.3. The number of amides is 3. The fourth-order valence-corrected chi connectivity index (χ4v) is 5.13. The lowest BCUT2D eigenvalue weighted by molar-refractivity contribution is -0.130. The average Bonchev–Trinajstić information content (AvgIpc) is 3.12. The van der Waals surface area contributed by atoms with E-state index in [1.54, 1.807) is 41.3 Å². The average molecular weight is 487 g/mol. The van der Waals surface area contributed by atoms with E-state index in [0.717, 1.165) is 16.0 Å². The standard InChI is InChI=1S/C28H26N2O6/c1-15-10-11-20(16(2)12-15)29-23(17-13-21(34-3)25(36-5)22(14-17)35-4)24(28(29)33)30-26(31)18-8-6-7-9-19(18)27(30)32/h6-14,23-24H,1-5H3/t23-,24+/m1/s1. The Balaban J connectivity index is 1.67. The van der Waals surface area contributed by atoms with Crippen LogP contribution in [0, 0.1) is 13.8 Å². The van der Waals surface area contributed by atoms with Gasteiger partial charge in [0.2, 0.25) is 5.75 Å². The van der Waals surface area contributed by atoms with E-state index in [4.69, 9.17) is 14.2 Å². The zero-order valence-electron chi connectivity index (χ0n) is 20.7. The quantitative estimate of drug-likeness (QED) is 0.386. The Hall–Kier alpha value is -4.33. The number of carbonyl (C=O) groups is 3. The number of imide groups is 1. The van der Waals surface area contributed by atoms with Crippen molar-refractivity contribution in [2.45, 2.75) is 25.9 Å². The fraction of sp³-hybridized carbons (Fsp3) is 0.250. The van der Waals surface area contributed by atoms with Gasteiger partial charge in [0.1, 0.15) is 6.04 Å². The van der Waals surface area contributed by atoms with Crippen molar-refractivity contribution in [3.63, 3.8) is 0 Å². The van der Waals surface area contributed by atoms with E-state index in [1.807, 2.05) is 32.0 Å². The Bertz CT molecular complexity index is 1350. The molecule has 2 aliphatic heterocycles. The van der Waals surface area contributed by atoms with Crippen LogP contribution in [-0.4, -0.2) is 50.0 Å². The third-order valence-electron chi connectivity index (χ3n) is 6.81. The Kier molecular flexibility index (Phi) is 5.67. The predicted molar refractivity (Wildman–Crippen MR) is 133 cm³/mol. The number of ether oxygens (including phenoxy) is 3. The summed E-state index contributed by atoms with van der Waals surface area (Å²) in [6.45, 7) is 3.91. The minimum Gasteiger partial charge on any atom is -0.493 e. The van der Waals surface area contributed by atoms with Gasteiger partial charge < -0.3 is 19.1 Å². The highest BCUT2D eigenvalue weighted by molar-refractivity contribution is 6.24. The summed E-state index contributed by atoms with van der Waals surface area (Å²) >= 11 is 0. The van der Waals surface area contributed by atoms with Gasteiger partial charge in [0.25, 0.3) is 17.7 Å². The van der Waals surface area contributed by atoms with E-state index in [0.29, 0.717) is 39.6 Å². The van der Waals surface area contributed by atoms with Crippen LogP contribution in [0.25, 0.3) is 0 Å². The minimum atomic E-state index is -1.03. The molecule has 1 saturated heterocycles. The third kappa shape index (κ3) is 3.32. The Morgan fingerprint density at radius 2 is 1.28 bits per heavy atom. The smallest absolute Gasteiger partial charge is 0.262 e. The molecule has 1 fully saturated rings. The molecule has 0 saturated carbocycles. The molecule has 0 bridgehead atoms. The molecule has 3 aromatic rings. The van der Waals surface area contributed by atoms with Crippen LogP contribution < -0.4 is 19.1 Å². The van der Waals surface area contributed by atoms with Crippen LogP contribution in [0.15, 0.2) is 54.6 Å². The van der Waals surface area contributed by atoms with Crippen molar-refractivity contribution in [1.82, 2.24) is 4.90 Å². The van der Waals surface area contributed by atoms with Gasteiger partial charge in [-0.2, -0.15) is 0 Å². The topological polar surface area (TPSA) is 85.4 Å². The lowest BCUT2D eigenvalue weighted by Crippen LogP contribution is -2.67. The second-order valence-electron chi connectivity index (χ2n) is 8.87. The number of fused-ring (bicyclic) bond motifs is 1. The lowest BCUT2D eigenvalue weighted by atomic mass is 9.85. The molecule has 36 heavy (non-hydrogen) atoms. The van der Waals surface area contributed by atoms with E-state index < -0.39 is 23.9 Å². The van der Waals surface area contributed by atoms with E-state index >= 15 is 0 Å². The summed E-state index contributed by atoms with van der Waals surface area (Å²) in [4.78, 5) is 43.1. The number of β-lactam (4-membered cyclic amide) rings is 1. The van der Waals surface area contributed by atoms with Gasteiger partial charge in [0.05, 0.1) is 38.5 Å². The van der Waals surface area contributed by atoms with E-state index in [2.05, 4.69) is 0 Å². The first-order valence-electron chi connectivity index (χ1n) is 11.5. The molecule has 2 heterocycles. The Morgan fingerprint density at radius 3 is 1.78 bits per heavy atom. The van der Waals surface area contributed by atoms with Gasteiger partial charge in [-0.15, -0.1) is 0 Å². The molecule has 3 amide bonds. The summed E-state index contributed by atoms with van der Waals surface area (Å²) in [6.07, 6.45) is 0. The zero-order valence-corrected chi connectivity index (χ0v) is 20.7. The van der Waals surface area contributed by atoms with Crippen LogP contribution in [0.3, 0.4) is 0 Å². The number of nitrogens with zero attached hydrogens (tertiary/aromatic N) is 2. The van der Waals surface area contributed by atoms with Crippen molar-refractivity contribution in [2.24, 2.45) is 0 Å². The largest absolute Gasteiger partial charge is 0.493 e. The van der Waals surface area contributed by atoms with Crippen molar-refractivity contribution in [3.05, 3.63) is 82.4 Å². The van der Waals surface area contributed by atoms with Crippen LogP contribution >= 0.6 is 0 Å². The number of aryl methyl sites for hydroxylation is 2. The maximum atomic E-state index is 13.7. The number of carbonyl (C=O) groups excluding carboxylic acids is 3. The van der Waals surface area contributed by atoms with Crippen LogP contribution in [-0.2, 0) is 4.79 Å². The van der Waals surface area contributed by atoms with Gasteiger partial charge in [-0.1, -0.05) is 29.8 Å². The molecule has 184 valence electrons. The second kappa shape index (κ2) is 8.71. The summed E-state index contributed by atoms with van der Waals surface area (Å²) in [7, 11) is 4.53. The van der Waals surface area contributed by atoms with E-state index in [9.17, 15) is 14.4 Å². The zero-order chi connectivity index (χ0) is 25.7. The molecule has 8 heteroatoms. The van der Waals surface area contributed by atoms with Crippen molar-refractivity contribution in [1.29, 1.82) is 0 Å². The van der Waals surface area contributed by atoms with Gasteiger partial charge in [-0.3, -0.25) is 19.3 Å². The SMILES string of the molecule is COc1cc([C@@H]2[C@H](N3C(=O)c4ccccc4C3=O)C(=O)N2c2ccc(C)cc2C)cc(OC)c1OC. The van der Waals surface area contributed by atoms with Crippen molar-refractivity contribution >= 4 is 23.4 Å². The van der Waals surface area contributed by atoms with Gasteiger partial charge >= 0.3 is 0 Å². The summed E-state index contributed by atoms with van der Waals surface area (Å²) in [5.74, 6) is -0.0703. The van der Waals surface area contributed by atoms with Gasteiger partial charge in [0, 0.05) is 5.69 Å². The molecular formula is C28H26N2O6. The summed E-state index contributed by atoms with van der Waals surface area (Å²) in [6, 6.07) is 14.2. The maximum Gasteiger partial charge on any atom is 0.262 e. The monoisotopic (exact) mass is 486 g/mol. The minimum absolute atomic E-state index is 0.295.